The lowest BCUT2D eigenvalue weighted by Gasteiger charge is -2.15. The molecular formula is C15H21N3O2. The zero-order valence-electron chi connectivity index (χ0n) is 11.8. The predicted molar refractivity (Wildman–Crippen MR) is 79.1 cm³/mol. The molecule has 1 aliphatic heterocycles. The number of ketones is 1. The van der Waals surface area contributed by atoms with Crippen LogP contribution in [0.4, 0.5) is 10.5 Å². The van der Waals surface area contributed by atoms with Crippen LogP contribution in [0, 0.1) is 0 Å². The normalized spacial score (nSPS) is 15.1. The number of nitrogens with zero attached hydrogens (tertiary/aromatic N) is 1. The summed E-state index contributed by atoms with van der Waals surface area (Å²) in [6.07, 6.45) is 2.52. The van der Waals surface area contributed by atoms with E-state index in [4.69, 9.17) is 0 Å². The lowest BCUT2D eigenvalue weighted by molar-refractivity contribution is 0.101. The average Bonchev–Trinajstić information content (AvgIpc) is 2.92. The second kappa shape index (κ2) is 7.05. The molecule has 0 atom stereocenters. The molecule has 0 bridgehead atoms. The van der Waals surface area contributed by atoms with E-state index in [-0.39, 0.29) is 11.8 Å². The molecule has 20 heavy (non-hydrogen) atoms. The summed E-state index contributed by atoms with van der Waals surface area (Å²) in [5.74, 6) is 0.0200. The summed E-state index contributed by atoms with van der Waals surface area (Å²) in [4.78, 5) is 25.2. The Morgan fingerprint density at radius 2 is 1.80 bits per heavy atom. The minimum Gasteiger partial charge on any atom is -0.337 e. The lowest BCUT2D eigenvalue weighted by atomic mass is 10.1. The fourth-order valence-corrected chi connectivity index (χ4v) is 2.30. The van der Waals surface area contributed by atoms with Crippen molar-refractivity contribution < 1.29 is 9.59 Å². The highest BCUT2D eigenvalue weighted by atomic mass is 16.2. The number of hydrogen-bond acceptors (Lipinski definition) is 3. The topological polar surface area (TPSA) is 61.4 Å². The summed E-state index contributed by atoms with van der Waals surface area (Å²) in [5, 5.41) is 5.59. The zero-order valence-corrected chi connectivity index (χ0v) is 11.8. The van der Waals surface area contributed by atoms with Crippen LogP contribution in [0.3, 0.4) is 0 Å². The Bertz CT molecular complexity index is 465. The van der Waals surface area contributed by atoms with Crippen LogP contribution in [0.5, 0.6) is 0 Å². The Hall–Kier alpha value is -1.88. The van der Waals surface area contributed by atoms with Gasteiger partial charge in [-0.3, -0.25) is 4.79 Å². The third-order valence-corrected chi connectivity index (χ3v) is 3.46. The molecule has 0 saturated carbocycles. The second-order valence-corrected chi connectivity index (χ2v) is 5.06. The Balaban J connectivity index is 1.71. The third kappa shape index (κ3) is 4.35. The number of rotatable bonds is 5. The molecule has 2 N–H and O–H groups in total. The fraction of sp³-hybridized carbons (Fsp3) is 0.467. The van der Waals surface area contributed by atoms with Crippen molar-refractivity contribution in [3.8, 4) is 0 Å². The minimum atomic E-state index is -0.209. The van der Waals surface area contributed by atoms with Crippen LogP contribution in [-0.2, 0) is 0 Å². The maximum Gasteiger partial charge on any atom is 0.319 e. The van der Waals surface area contributed by atoms with E-state index in [1.54, 1.807) is 24.3 Å². The zero-order chi connectivity index (χ0) is 14.4. The first-order valence-electron chi connectivity index (χ1n) is 7.03. The Morgan fingerprint density at radius 1 is 1.15 bits per heavy atom. The molecule has 0 unspecified atom stereocenters. The van der Waals surface area contributed by atoms with Gasteiger partial charge in [0.05, 0.1) is 0 Å². The van der Waals surface area contributed by atoms with Crippen LogP contribution in [0.15, 0.2) is 24.3 Å². The van der Waals surface area contributed by atoms with E-state index in [1.165, 1.54) is 19.8 Å². The minimum absolute atomic E-state index is 0.0200. The van der Waals surface area contributed by atoms with Crippen molar-refractivity contribution in [1.29, 1.82) is 0 Å². The molecule has 2 rings (SSSR count). The van der Waals surface area contributed by atoms with Crippen LogP contribution in [0.25, 0.3) is 0 Å². The van der Waals surface area contributed by atoms with Gasteiger partial charge in [0.15, 0.2) is 5.78 Å². The molecule has 1 aromatic carbocycles. The van der Waals surface area contributed by atoms with E-state index < -0.39 is 0 Å². The highest BCUT2D eigenvalue weighted by Crippen LogP contribution is 2.10. The lowest BCUT2D eigenvalue weighted by Crippen LogP contribution is -2.35. The van der Waals surface area contributed by atoms with Gasteiger partial charge < -0.3 is 15.5 Å². The molecule has 5 nitrogen and oxygen atoms in total. The molecule has 0 aliphatic carbocycles. The van der Waals surface area contributed by atoms with Crippen molar-refractivity contribution in [3.05, 3.63) is 29.8 Å². The van der Waals surface area contributed by atoms with Crippen molar-refractivity contribution in [1.82, 2.24) is 10.2 Å². The van der Waals surface area contributed by atoms with Gasteiger partial charge in [-0.2, -0.15) is 0 Å². The molecule has 2 amide bonds. The van der Waals surface area contributed by atoms with Gasteiger partial charge in [-0.1, -0.05) is 0 Å². The third-order valence-electron chi connectivity index (χ3n) is 3.46. The largest absolute Gasteiger partial charge is 0.337 e. The molecule has 1 heterocycles. The molecule has 1 saturated heterocycles. The van der Waals surface area contributed by atoms with Gasteiger partial charge in [-0.05, 0) is 57.1 Å². The fourth-order valence-electron chi connectivity index (χ4n) is 2.30. The van der Waals surface area contributed by atoms with E-state index >= 15 is 0 Å². The van der Waals surface area contributed by atoms with Gasteiger partial charge in [0.1, 0.15) is 0 Å². The first kappa shape index (κ1) is 14.5. The molecule has 1 aromatic rings. The molecule has 1 aliphatic rings. The van der Waals surface area contributed by atoms with Gasteiger partial charge in [-0.25, -0.2) is 4.79 Å². The number of carbonyl (C=O) groups is 2. The number of likely N-dealkylation sites (tertiary alicyclic amines) is 1. The number of nitrogens with one attached hydrogen (secondary N) is 2. The van der Waals surface area contributed by atoms with Gasteiger partial charge in [0.2, 0.25) is 0 Å². The average molecular weight is 275 g/mol. The summed E-state index contributed by atoms with van der Waals surface area (Å²) < 4.78 is 0. The number of amides is 2. The second-order valence-electron chi connectivity index (χ2n) is 5.06. The van der Waals surface area contributed by atoms with Crippen molar-refractivity contribution >= 4 is 17.5 Å². The number of carbonyl (C=O) groups excluding carboxylic acids is 2. The van der Waals surface area contributed by atoms with Crippen molar-refractivity contribution in [2.45, 2.75) is 19.8 Å². The van der Waals surface area contributed by atoms with E-state index in [1.807, 2.05) is 0 Å². The summed E-state index contributed by atoms with van der Waals surface area (Å²) in [6, 6.07) is 6.68. The van der Waals surface area contributed by atoms with Gasteiger partial charge in [-0.15, -0.1) is 0 Å². The first-order chi connectivity index (χ1) is 9.65. The van der Waals surface area contributed by atoms with Crippen LogP contribution in [0.1, 0.15) is 30.1 Å². The molecule has 0 radical (unpaired) electrons. The maximum absolute atomic E-state index is 11.7. The molecule has 0 spiro atoms. The van der Waals surface area contributed by atoms with Crippen molar-refractivity contribution in [3.63, 3.8) is 0 Å². The van der Waals surface area contributed by atoms with E-state index in [9.17, 15) is 9.59 Å². The Morgan fingerprint density at radius 3 is 2.40 bits per heavy atom. The van der Waals surface area contributed by atoms with Gasteiger partial charge in [0.25, 0.3) is 0 Å². The van der Waals surface area contributed by atoms with E-state index in [0.29, 0.717) is 17.8 Å². The van der Waals surface area contributed by atoms with Crippen LogP contribution in [0.2, 0.25) is 0 Å². The molecule has 1 fully saturated rings. The van der Waals surface area contributed by atoms with Crippen LogP contribution >= 0.6 is 0 Å². The summed E-state index contributed by atoms with van der Waals surface area (Å²) in [5.41, 5.74) is 1.33. The summed E-state index contributed by atoms with van der Waals surface area (Å²) >= 11 is 0. The highest BCUT2D eigenvalue weighted by Gasteiger charge is 2.11. The maximum atomic E-state index is 11.7. The number of benzene rings is 1. The first-order valence-corrected chi connectivity index (χ1v) is 7.03. The monoisotopic (exact) mass is 275 g/mol. The standard InChI is InChI=1S/C15H21N3O2/c1-12(19)13-4-6-14(7-5-13)17-15(20)16-8-11-18-9-2-3-10-18/h4-7H,2-3,8-11H2,1H3,(H2,16,17,20). The Kier molecular flexibility index (Phi) is 5.12. The van der Waals surface area contributed by atoms with Crippen molar-refractivity contribution in [2.75, 3.05) is 31.5 Å². The van der Waals surface area contributed by atoms with E-state index in [2.05, 4.69) is 15.5 Å². The Labute approximate surface area is 119 Å². The smallest absolute Gasteiger partial charge is 0.319 e. The molecule has 108 valence electrons. The predicted octanol–water partition coefficient (Wildman–Crippen LogP) is 2.11. The van der Waals surface area contributed by atoms with Crippen LogP contribution in [-0.4, -0.2) is 42.9 Å². The molecule has 5 heteroatoms. The SMILES string of the molecule is CC(=O)c1ccc(NC(=O)NCCN2CCCC2)cc1. The van der Waals surface area contributed by atoms with E-state index in [0.717, 1.165) is 19.6 Å². The number of Topliss-reactive ketones (excluding diaryl/α,β-unsaturated/α-hetero) is 1. The molecular weight excluding hydrogens is 254 g/mol. The van der Waals surface area contributed by atoms with Crippen molar-refractivity contribution in [2.24, 2.45) is 0 Å². The summed E-state index contributed by atoms with van der Waals surface area (Å²) in [7, 11) is 0. The number of hydrogen-bond donors (Lipinski definition) is 2. The van der Waals surface area contributed by atoms with Gasteiger partial charge in [0, 0.05) is 24.3 Å². The van der Waals surface area contributed by atoms with Gasteiger partial charge >= 0.3 is 6.03 Å². The van der Waals surface area contributed by atoms with Crippen LogP contribution < -0.4 is 10.6 Å². The number of urea groups is 1. The number of anilines is 1. The quantitative estimate of drug-likeness (QED) is 0.809. The highest BCUT2D eigenvalue weighted by molar-refractivity contribution is 5.95. The molecule has 0 aromatic heterocycles. The summed E-state index contributed by atoms with van der Waals surface area (Å²) in [6.45, 7) is 5.34.